The molecule has 0 saturated heterocycles. The van der Waals surface area contributed by atoms with Gasteiger partial charge in [-0.3, -0.25) is 10.1 Å². The van der Waals surface area contributed by atoms with Gasteiger partial charge in [0.05, 0.1) is 17.0 Å². The zero-order valence-electron chi connectivity index (χ0n) is 15.6. The molecule has 1 aromatic carbocycles. The lowest BCUT2D eigenvalue weighted by Gasteiger charge is -2.37. The summed E-state index contributed by atoms with van der Waals surface area (Å²) in [5, 5.41) is 25.4. The van der Waals surface area contributed by atoms with Gasteiger partial charge in [-0.25, -0.2) is 0 Å². The Morgan fingerprint density at radius 1 is 1.38 bits per heavy atom. The molecule has 2 N–H and O–H groups in total. The van der Waals surface area contributed by atoms with Crippen molar-refractivity contribution in [3.63, 3.8) is 0 Å². The number of benzene rings is 1. The Kier molecular flexibility index (Phi) is 5.98. The van der Waals surface area contributed by atoms with E-state index in [-0.39, 0.29) is 23.3 Å². The first kappa shape index (κ1) is 18.9. The van der Waals surface area contributed by atoms with Crippen LogP contribution in [0.5, 0.6) is 5.75 Å². The maximum absolute atomic E-state index is 11.6. The quantitative estimate of drug-likeness (QED) is 0.419. The van der Waals surface area contributed by atoms with Gasteiger partial charge in [0, 0.05) is 18.7 Å². The van der Waals surface area contributed by atoms with Gasteiger partial charge in [0.1, 0.15) is 24.1 Å². The monoisotopic (exact) mass is 363 g/mol. The van der Waals surface area contributed by atoms with Gasteiger partial charge in [0.25, 0.3) is 5.69 Å². The second-order valence-electron chi connectivity index (χ2n) is 7.35. The van der Waals surface area contributed by atoms with Crippen molar-refractivity contribution in [1.29, 1.82) is 0 Å². The lowest BCUT2D eigenvalue weighted by Crippen LogP contribution is -2.40. The van der Waals surface area contributed by atoms with Crippen LogP contribution < -0.4 is 15.0 Å². The molecule has 0 spiro atoms. The molecule has 1 saturated carbocycles. The molecule has 1 heterocycles. The van der Waals surface area contributed by atoms with Crippen LogP contribution in [0.1, 0.15) is 57.1 Å². The fourth-order valence-electron chi connectivity index (χ4n) is 3.70. The normalized spacial score (nSPS) is 22.3. The number of hydrogen-bond acceptors (Lipinski definition) is 6. The lowest BCUT2D eigenvalue weighted by molar-refractivity contribution is -0.384. The molecule has 1 aliphatic carbocycles. The molecular weight excluding hydrogens is 334 g/mol. The third kappa shape index (κ3) is 3.78. The third-order valence-corrected chi connectivity index (χ3v) is 5.58. The van der Waals surface area contributed by atoms with Crippen molar-refractivity contribution < 1.29 is 14.8 Å². The summed E-state index contributed by atoms with van der Waals surface area (Å²) < 4.78 is 5.61. The number of nitrogens with zero attached hydrogens (tertiary/aromatic N) is 2. The minimum atomic E-state index is -0.660. The van der Waals surface area contributed by atoms with Crippen LogP contribution in [0, 0.1) is 10.1 Å². The standard InChI is InChI=1S/C19H29N3O4/c1-3-4-5-9-20-19-14-10-15(21(2)13-7-6-8-13)16(22(24)25)11-18(14)26-12-17(19)23/h10-11,13,17,19-20,23H,3-9,12H2,1-2H3. The molecule has 0 amide bonds. The largest absolute Gasteiger partial charge is 0.490 e. The zero-order valence-corrected chi connectivity index (χ0v) is 15.6. The van der Waals surface area contributed by atoms with E-state index in [1.165, 1.54) is 6.07 Å². The fraction of sp³-hybridized carbons (Fsp3) is 0.684. The minimum Gasteiger partial charge on any atom is -0.490 e. The molecule has 2 atom stereocenters. The van der Waals surface area contributed by atoms with Crippen molar-refractivity contribution >= 4 is 11.4 Å². The topological polar surface area (TPSA) is 87.9 Å². The van der Waals surface area contributed by atoms with E-state index in [9.17, 15) is 15.2 Å². The van der Waals surface area contributed by atoms with Crippen LogP contribution in [-0.2, 0) is 0 Å². The van der Waals surface area contributed by atoms with Gasteiger partial charge in [0.15, 0.2) is 0 Å². The number of aliphatic hydroxyl groups is 1. The Hall–Kier alpha value is -1.86. The number of nitro benzene ring substituents is 1. The number of rotatable bonds is 8. The number of hydrogen-bond donors (Lipinski definition) is 2. The Morgan fingerprint density at radius 3 is 2.77 bits per heavy atom. The average molecular weight is 363 g/mol. The molecule has 0 radical (unpaired) electrons. The molecule has 1 aromatic rings. The summed E-state index contributed by atoms with van der Waals surface area (Å²) in [7, 11) is 1.92. The van der Waals surface area contributed by atoms with Crippen LogP contribution in [0.25, 0.3) is 0 Å². The van der Waals surface area contributed by atoms with E-state index in [1.807, 2.05) is 18.0 Å². The van der Waals surface area contributed by atoms with E-state index < -0.39 is 6.10 Å². The Balaban J connectivity index is 1.91. The van der Waals surface area contributed by atoms with E-state index in [4.69, 9.17) is 4.74 Å². The van der Waals surface area contributed by atoms with Gasteiger partial charge in [0.2, 0.25) is 0 Å². The summed E-state index contributed by atoms with van der Waals surface area (Å²) in [6.45, 7) is 3.10. The molecule has 1 fully saturated rings. The van der Waals surface area contributed by atoms with Crippen LogP contribution in [0.3, 0.4) is 0 Å². The molecule has 2 unspecified atom stereocenters. The van der Waals surface area contributed by atoms with Crippen molar-refractivity contribution in [1.82, 2.24) is 5.32 Å². The number of unbranched alkanes of at least 4 members (excludes halogenated alkanes) is 2. The molecule has 26 heavy (non-hydrogen) atoms. The number of nitro groups is 1. The third-order valence-electron chi connectivity index (χ3n) is 5.58. The van der Waals surface area contributed by atoms with Gasteiger partial charge in [-0.05, 0) is 38.3 Å². The molecule has 2 aliphatic rings. The number of anilines is 1. The number of nitrogens with one attached hydrogen (secondary N) is 1. The molecule has 1 aliphatic heterocycles. The zero-order chi connectivity index (χ0) is 18.7. The number of fused-ring (bicyclic) bond motifs is 1. The van der Waals surface area contributed by atoms with Crippen LogP contribution in [0.15, 0.2) is 12.1 Å². The SMILES string of the molecule is CCCCCNC1c2cc(N(C)C3CCC3)c([N+](=O)[O-])cc2OCC1O. The van der Waals surface area contributed by atoms with Crippen LogP contribution in [0.2, 0.25) is 0 Å². The van der Waals surface area contributed by atoms with Gasteiger partial charge in [-0.1, -0.05) is 19.8 Å². The van der Waals surface area contributed by atoms with E-state index in [1.54, 1.807) is 0 Å². The van der Waals surface area contributed by atoms with Crippen molar-refractivity contribution in [2.24, 2.45) is 0 Å². The van der Waals surface area contributed by atoms with Crippen LogP contribution >= 0.6 is 0 Å². The summed E-state index contributed by atoms with van der Waals surface area (Å²) >= 11 is 0. The van der Waals surface area contributed by atoms with Gasteiger partial charge >= 0.3 is 0 Å². The highest BCUT2D eigenvalue weighted by Gasteiger charge is 2.34. The summed E-state index contributed by atoms with van der Waals surface area (Å²) in [5.74, 6) is 0.501. The molecule has 144 valence electrons. The van der Waals surface area contributed by atoms with Crippen molar-refractivity contribution in [2.75, 3.05) is 25.1 Å². The van der Waals surface area contributed by atoms with Crippen molar-refractivity contribution in [3.05, 3.63) is 27.8 Å². The summed E-state index contributed by atoms with van der Waals surface area (Å²) in [6.07, 6.45) is 5.93. The highest BCUT2D eigenvalue weighted by molar-refractivity contribution is 5.69. The molecular formula is C19H29N3O4. The predicted octanol–water partition coefficient (Wildman–Crippen LogP) is 3.16. The Bertz CT molecular complexity index is 648. The maximum Gasteiger partial charge on any atom is 0.296 e. The molecule has 7 nitrogen and oxygen atoms in total. The molecule has 0 aromatic heterocycles. The van der Waals surface area contributed by atoms with E-state index in [2.05, 4.69) is 12.2 Å². The first-order valence-electron chi connectivity index (χ1n) is 9.62. The smallest absolute Gasteiger partial charge is 0.296 e. The average Bonchev–Trinajstić information content (AvgIpc) is 2.57. The van der Waals surface area contributed by atoms with E-state index >= 15 is 0 Å². The van der Waals surface area contributed by atoms with E-state index in [0.717, 1.165) is 50.6 Å². The van der Waals surface area contributed by atoms with Crippen molar-refractivity contribution in [3.8, 4) is 5.75 Å². The fourth-order valence-corrected chi connectivity index (χ4v) is 3.70. The van der Waals surface area contributed by atoms with Crippen LogP contribution in [-0.4, -0.2) is 42.4 Å². The lowest BCUT2D eigenvalue weighted by atomic mass is 9.90. The Morgan fingerprint density at radius 2 is 2.15 bits per heavy atom. The van der Waals surface area contributed by atoms with Gasteiger partial charge in [-0.15, -0.1) is 0 Å². The molecule has 3 rings (SSSR count). The second kappa shape index (κ2) is 8.22. The first-order valence-corrected chi connectivity index (χ1v) is 9.62. The molecule has 7 heteroatoms. The summed E-state index contributed by atoms with van der Waals surface area (Å²) in [5.41, 5.74) is 1.49. The first-order chi connectivity index (χ1) is 12.5. The predicted molar refractivity (Wildman–Crippen MR) is 101 cm³/mol. The minimum absolute atomic E-state index is 0.0688. The Labute approximate surface area is 154 Å². The summed E-state index contributed by atoms with van der Waals surface area (Å²) in [4.78, 5) is 13.3. The molecule has 0 bridgehead atoms. The second-order valence-corrected chi connectivity index (χ2v) is 7.35. The number of aliphatic hydroxyl groups excluding tert-OH is 1. The van der Waals surface area contributed by atoms with Gasteiger partial charge in [-0.2, -0.15) is 0 Å². The summed E-state index contributed by atoms with van der Waals surface area (Å²) in [6, 6.07) is 3.44. The van der Waals surface area contributed by atoms with E-state index in [0.29, 0.717) is 17.5 Å². The maximum atomic E-state index is 11.6. The highest BCUT2D eigenvalue weighted by atomic mass is 16.6. The van der Waals surface area contributed by atoms with Gasteiger partial charge < -0.3 is 20.1 Å². The number of ether oxygens (including phenoxy) is 1. The van der Waals surface area contributed by atoms with Crippen LogP contribution in [0.4, 0.5) is 11.4 Å². The van der Waals surface area contributed by atoms with Crippen molar-refractivity contribution in [2.45, 2.75) is 63.6 Å². The highest BCUT2D eigenvalue weighted by Crippen LogP contribution is 2.42.